The summed E-state index contributed by atoms with van der Waals surface area (Å²) in [4.78, 5) is 86.9. The highest BCUT2D eigenvalue weighted by Crippen LogP contribution is 2.34. The number of hydrogen-bond donors (Lipinski definition) is 4. The van der Waals surface area contributed by atoms with Crippen molar-refractivity contribution in [2.75, 3.05) is 26.3 Å². The maximum atomic E-state index is 13.2. The van der Waals surface area contributed by atoms with Crippen molar-refractivity contribution in [2.24, 2.45) is 0 Å². The van der Waals surface area contributed by atoms with Gasteiger partial charge in [0.25, 0.3) is 23.6 Å². The Balaban J connectivity index is 0.834. The van der Waals surface area contributed by atoms with Crippen molar-refractivity contribution in [2.45, 2.75) is 50.9 Å². The number of aromatic amines is 1. The Labute approximate surface area is 310 Å². The quantitative estimate of drug-likeness (QED) is 0.0962. The third kappa shape index (κ3) is 9.53. The van der Waals surface area contributed by atoms with Crippen LogP contribution in [-0.4, -0.2) is 94.0 Å². The van der Waals surface area contributed by atoms with Gasteiger partial charge in [-0.2, -0.15) is 0 Å². The van der Waals surface area contributed by atoms with E-state index in [2.05, 4.69) is 35.6 Å². The molecule has 1 unspecified atom stereocenters. The normalized spacial score (nSPS) is 15.5. The Morgan fingerprint density at radius 2 is 1.58 bits per heavy atom. The first-order valence-corrected chi connectivity index (χ1v) is 17.2. The van der Waals surface area contributed by atoms with Crippen LogP contribution in [0.3, 0.4) is 0 Å². The number of H-pyrrole nitrogens is 1. The van der Waals surface area contributed by atoms with Crippen LogP contribution in [0, 0.1) is 0 Å². The zero-order valence-corrected chi connectivity index (χ0v) is 29.0. The monoisotopic (exact) mass is 765 g/mol. The van der Waals surface area contributed by atoms with E-state index in [0.29, 0.717) is 54.2 Å². The standard InChI is InChI=1S/C36H34F3N7O9/c37-36(38,39)55-20-8-10-23-25(16-20)44-32(43-23)24-11-9-21(17-42-24)53-18-29(48)40-14-3-1-2-4-15-41-30(49)19-54-27-7-5-6-22-31(27)35(52)46(34(22)51)26-12-13-28(47)45-33(26)50/h5-11,16-17,26H,1-4,12-15,18-19H2,(H,40,48)(H,41,49)(H,43,44)(H,45,47,50). The predicted octanol–water partition coefficient (Wildman–Crippen LogP) is 3.18. The molecule has 4 N–H and O–H groups in total. The zero-order valence-electron chi connectivity index (χ0n) is 29.0. The molecule has 0 saturated carbocycles. The summed E-state index contributed by atoms with van der Waals surface area (Å²) in [7, 11) is 0. The number of amides is 6. The summed E-state index contributed by atoms with van der Waals surface area (Å²) in [5.74, 6) is -3.05. The molecule has 0 spiro atoms. The number of imide groups is 2. The fourth-order valence-corrected chi connectivity index (χ4v) is 5.97. The van der Waals surface area contributed by atoms with Gasteiger partial charge in [-0.25, -0.2) is 9.97 Å². The van der Waals surface area contributed by atoms with Crippen LogP contribution in [0.15, 0.2) is 54.7 Å². The fourth-order valence-electron chi connectivity index (χ4n) is 5.97. The Morgan fingerprint density at radius 3 is 2.25 bits per heavy atom. The van der Waals surface area contributed by atoms with E-state index in [1.807, 2.05) is 0 Å². The molecule has 1 fully saturated rings. The number of rotatable bonds is 16. The van der Waals surface area contributed by atoms with Gasteiger partial charge in [0.2, 0.25) is 11.8 Å². The molecule has 1 atom stereocenters. The minimum Gasteiger partial charge on any atom is -0.483 e. The minimum atomic E-state index is -4.81. The van der Waals surface area contributed by atoms with Crippen molar-refractivity contribution in [3.8, 4) is 28.8 Å². The van der Waals surface area contributed by atoms with Crippen LogP contribution in [0.4, 0.5) is 13.2 Å². The third-order valence-corrected chi connectivity index (χ3v) is 8.57. The first-order valence-electron chi connectivity index (χ1n) is 17.2. The van der Waals surface area contributed by atoms with Gasteiger partial charge < -0.3 is 29.8 Å². The number of nitrogens with zero attached hydrogens (tertiary/aromatic N) is 3. The maximum Gasteiger partial charge on any atom is 0.573 e. The van der Waals surface area contributed by atoms with Crippen molar-refractivity contribution in [1.82, 2.24) is 35.8 Å². The van der Waals surface area contributed by atoms with Crippen molar-refractivity contribution in [3.63, 3.8) is 0 Å². The van der Waals surface area contributed by atoms with Gasteiger partial charge in [-0.3, -0.25) is 39.0 Å². The number of hydrogen-bond acceptors (Lipinski definition) is 11. The summed E-state index contributed by atoms with van der Waals surface area (Å²) in [6.45, 7) is 0.151. The molecule has 2 aliphatic rings. The Kier molecular flexibility index (Phi) is 11.6. The van der Waals surface area contributed by atoms with Gasteiger partial charge in [0.05, 0.1) is 28.4 Å². The van der Waals surface area contributed by atoms with Gasteiger partial charge in [-0.05, 0) is 55.7 Å². The lowest BCUT2D eigenvalue weighted by molar-refractivity contribution is -0.274. The number of unbranched alkanes of at least 4 members (excludes halogenated alkanes) is 3. The van der Waals surface area contributed by atoms with E-state index in [1.54, 1.807) is 12.1 Å². The Bertz CT molecular complexity index is 2120. The van der Waals surface area contributed by atoms with E-state index in [4.69, 9.17) is 9.47 Å². The lowest BCUT2D eigenvalue weighted by Crippen LogP contribution is -2.54. The van der Waals surface area contributed by atoms with E-state index in [0.717, 1.165) is 23.8 Å². The smallest absolute Gasteiger partial charge is 0.483 e. The van der Waals surface area contributed by atoms with Gasteiger partial charge >= 0.3 is 6.36 Å². The molecule has 288 valence electrons. The van der Waals surface area contributed by atoms with Crippen molar-refractivity contribution in [3.05, 3.63) is 65.9 Å². The summed E-state index contributed by atoms with van der Waals surface area (Å²) in [5.41, 5.74) is 1.18. The molecule has 0 bridgehead atoms. The number of nitrogens with one attached hydrogen (secondary N) is 4. The molecule has 2 aromatic carbocycles. The largest absolute Gasteiger partial charge is 0.573 e. The molecule has 2 aliphatic heterocycles. The van der Waals surface area contributed by atoms with Crippen molar-refractivity contribution in [1.29, 1.82) is 0 Å². The number of carbonyl (C=O) groups is 6. The number of pyridine rings is 1. The highest BCUT2D eigenvalue weighted by Gasteiger charge is 2.46. The summed E-state index contributed by atoms with van der Waals surface area (Å²) in [6, 6.07) is 10.2. The topological polar surface area (TPSA) is 211 Å². The van der Waals surface area contributed by atoms with Crippen LogP contribution in [-0.2, 0) is 19.2 Å². The van der Waals surface area contributed by atoms with Gasteiger partial charge in [-0.15, -0.1) is 13.2 Å². The summed E-state index contributed by atoms with van der Waals surface area (Å²) >= 11 is 0. The third-order valence-electron chi connectivity index (χ3n) is 8.57. The zero-order chi connectivity index (χ0) is 39.1. The average Bonchev–Trinajstić information content (AvgIpc) is 3.68. The fraction of sp³-hybridized carbons (Fsp3) is 0.333. The second kappa shape index (κ2) is 16.6. The number of imidazole rings is 1. The van der Waals surface area contributed by atoms with E-state index < -0.39 is 48.5 Å². The van der Waals surface area contributed by atoms with Crippen LogP contribution in [0.1, 0.15) is 59.2 Å². The van der Waals surface area contributed by atoms with Gasteiger partial charge in [0.15, 0.2) is 19.0 Å². The summed E-state index contributed by atoms with van der Waals surface area (Å²) < 4.78 is 52.6. The number of alkyl halides is 3. The highest BCUT2D eigenvalue weighted by molar-refractivity contribution is 6.24. The average molecular weight is 766 g/mol. The molecule has 0 radical (unpaired) electrons. The number of fused-ring (bicyclic) bond motifs is 2. The highest BCUT2D eigenvalue weighted by atomic mass is 19.4. The number of ether oxygens (including phenoxy) is 3. The van der Waals surface area contributed by atoms with Crippen LogP contribution in [0.5, 0.6) is 17.2 Å². The number of aromatic nitrogens is 3. The van der Waals surface area contributed by atoms with E-state index in [-0.39, 0.29) is 48.0 Å². The number of benzene rings is 2. The van der Waals surface area contributed by atoms with Crippen LogP contribution >= 0.6 is 0 Å². The predicted molar refractivity (Wildman–Crippen MR) is 185 cm³/mol. The Morgan fingerprint density at radius 1 is 0.873 bits per heavy atom. The molecule has 55 heavy (non-hydrogen) atoms. The lowest BCUT2D eigenvalue weighted by Gasteiger charge is -2.27. The second-order valence-electron chi connectivity index (χ2n) is 12.5. The van der Waals surface area contributed by atoms with Crippen LogP contribution in [0.2, 0.25) is 0 Å². The molecule has 6 amide bonds. The van der Waals surface area contributed by atoms with Crippen molar-refractivity contribution < 1.29 is 56.1 Å². The molecule has 0 aliphatic carbocycles. The number of piperidine rings is 1. The summed E-state index contributed by atoms with van der Waals surface area (Å²) in [6.07, 6.45) is -0.474. The van der Waals surface area contributed by atoms with Crippen LogP contribution < -0.4 is 30.2 Å². The van der Waals surface area contributed by atoms with E-state index in [1.165, 1.54) is 36.5 Å². The van der Waals surface area contributed by atoms with E-state index in [9.17, 15) is 41.9 Å². The second-order valence-corrected chi connectivity index (χ2v) is 12.5. The van der Waals surface area contributed by atoms with Gasteiger partial charge in [0.1, 0.15) is 29.0 Å². The Hall–Kier alpha value is -6.53. The molecule has 4 heterocycles. The van der Waals surface area contributed by atoms with Gasteiger partial charge in [0, 0.05) is 25.6 Å². The molecule has 2 aromatic heterocycles. The van der Waals surface area contributed by atoms with Gasteiger partial charge in [-0.1, -0.05) is 18.9 Å². The molecule has 19 heteroatoms. The lowest BCUT2D eigenvalue weighted by atomic mass is 10.0. The molecule has 6 rings (SSSR count). The van der Waals surface area contributed by atoms with E-state index >= 15 is 0 Å². The maximum absolute atomic E-state index is 13.2. The van der Waals surface area contributed by atoms with Crippen molar-refractivity contribution >= 4 is 46.5 Å². The minimum absolute atomic E-state index is 0.00463. The molecular formula is C36H34F3N7O9. The first-order chi connectivity index (χ1) is 26.4. The first kappa shape index (κ1) is 38.2. The molecule has 4 aromatic rings. The summed E-state index contributed by atoms with van der Waals surface area (Å²) in [5, 5.41) is 7.64. The SMILES string of the molecule is O=C(COc1ccc(-c2nc3ccc(OC(F)(F)F)cc3[nH]2)nc1)NCCCCCCNC(=O)COc1cccc2c1C(=O)N(C1CCC(=O)NC1=O)C2=O. The number of carbonyl (C=O) groups excluding carboxylic acids is 6. The molecule has 16 nitrogen and oxygen atoms in total. The van der Waals surface area contributed by atoms with Crippen LogP contribution in [0.25, 0.3) is 22.6 Å². The number of halogens is 3. The molecule has 1 saturated heterocycles. The molecular weight excluding hydrogens is 731 g/mol.